The Morgan fingerprint density at radius 2 is 2.07 bits per heavy atom. The zero-order valence-corrected chi connectivity index (χ0v) is 17.4. The monoisotopic (exact) mass is 428 g/mol. The van der Waals surface area contributed by atoms with E-state index in [1.54, 1.807) is 6.07 Å². The number of likely N-dealkylation sites (tertiary alicyclic amines) is 1. The minimum absolute atomic E-state index is 0.0726. The van der Waals surface area contributed by atoms with Gasteiger partial charge in [0.25, 0.3) is 11.8 Å². The van der Waals surface area contributed by atoms with Crippen molar-refractivity contribution in [2.75, 3.05) is 39.4 Å². The second-order valence-electron chi connectivity index (χ2n) is 8.60. The molecule has 2 atom stereocenters. The highest BCUT2D eigenvalue weighted by molar-refractivity contribution is 5.94. The van der Waals surface area contributed by atoms with Crippen molar-refractivity contribution in [3.8, 4) is 5.75 Å². The molecular weight excluding hydrogens is 397 g/mol. The molecule has 1 saturated heterocycles. The maximum Gasteiger partial charge on any atom is 0.257 e. The fourth-order valence-corrected chi connectivity index (χ4v) is 4.47. The summed E-state index contributed by atoms with van der Waals surface area (Å²) in [6, 6.07) is 4.16. The van der Waals surface area contributed by atoms with Crippen molar-refractivity contribution in [1.29, 1.82) is 0 Å². The Morgan fingerprint density at radius 3 is 2.70 bits per heavy atom. The van der Waals surface area contributed by atoms with E-state index in [4.69, 9.17) is 9.84 Å². The van der Waals surface area contributed by atoms with E-state index in [0.717, 1.165) is 45.7 Å². The molecule has 5 nitrogen and oxygen atoms in total. The molecule has 30 heavy (non-hydrogen) atoms. The Labute approximate surface area is 175 Å². The zero-order valence-electron chi connectivity index (χ0n) is 17.4. The van der Waals surface area contributed by atoms with Crippen molar-refractivity contribution in [3.05, 3.63) is 29.6 Å². The quantitative estimate of drug-likeness (QED) is 0.600. The maximum atomic E-state index is 14.1. The lowest BCUT2D eigenvalue weighted by atomic mass is 9.90. The highest BCUT2D eigenvalue weighted by atomic mass is 19.3. The fraction of sp³-hybridized carbons (Fsp3) is 0.682. The van der Waals surface area contributed by atoms with Crippen LogP contribution in [0.15, 0.2) is 18.2 Å². The summed E-state index contributed by atoms with van der Waals surface area (Å²) < 4.78 is 46.1. The maximum absolute atomic E-state index is 14.1. The Hall–Kier alpha value is -1.80. The van der Waals surface area contributed by atoms with E-state index < -0.39 is 17.6 Å². The van der Waals surface area contributed by atoms with Gasteiger partial charge in [0, 0.05) is 19.5 Å². The first kappa shape index (κ1) is 22.9. The van der Waals surface area contributed by atoms with Gasteiger partial charge in [-0.25, -0.2) is 13.2 Å². The summed E-state index contributed by atoms with van der Waals surface area (Å²) in [6.07, 6.45) is 3.99. The number of amides is 1. The number of nitrogens with zero attached hydrogens (tertiary/aromatic N) is 1. The third-order valence-corrected chi connectivity index (χ3v) is 6.06. The third-order valence-electron chi connectivity index (χ3n) is 6.06. The molecular formula is C22H31F3N2O3. The summed E-state index contributed by atoms with van der Waals surface area (Å²) >= 11 is 0. The minimum atomic E-state index is -2.63. The van der Waals surface area contributed by atoms with Crippen molar-refractivity contribution in [1.82, 2.24) is 10.2 Å². The molecule has 1 amide bonds. The lowest BCUT2D eigenvalue weighted by Gasteiger charge is -2.33. The van der Waals surface area contributed by atoms with Crippen LogP contribution in [-0.2, 0) is 0 Å². The van der Waals surface area contributed by atoms with Crippen LogP contribution in [0.5, 0.6) is 5.75 Å². The van der Waals surface area contributed by atoms with Gasteiger partial charge in [-0.3, -0.25) is 9.69 Å². The molecule has 0 unspecified atom stereocenters. The van der Waals surface area contributed by atoms with E-state index in [1.807, 2.05) is 4.90 Å². The predicted octanol–water partition coefficient (Wildman–Crippen LogP) is 3.32. The number of hydrogen-bond acceptors (Lipinski definition) is 4. The summed E-state index contributed by atoms with van der Waals surface area (Å²) in [7, 11) is 0. The van der Waals surface area contributed by atoms with Crippen LogP contribution in [0.2, 0.25) is 0 Å². The minimum Gasteiger partial charge on any atom is -0.493 e. The van der Waals surface area contributed by atoms with Crippen LogP contribution in [0.4, 0.5) is 13.2 Å². The smallest absolute Gasteiger partial charge is 0.257 e. The number of hydrogen-bond donors (Lipinski definition) is 2. The largest absolute Gasteiger partial charge is 0.493 e. The summed E-state index contributed by atoms with van der Waals surface area (Å²) in [6.45, 7) is 2.66. The molecule has 8 heteroatoms. The lowest BCUT2D eigenvalue weighted by Crippen LogP contribution is -2.41. The third kappa shape index (κ3) is 6.60. The summed E-state index contributed by atoms with van der Waals surface area (Å²) in [4.78, 5) is 13.6. The molecule has 1 aromatic rings. The highest BCUT2D eigenvalue weighted by Gasteiger charge is 2.43. The van der Waals surface area contributed by atoms with E-state index >= 15 is 0 Å². The molecule has 168 valence electrons. The molecule has 0 spiro atoms. The topological polar surface area (TPSA) is 61.8 Å². The number of nitrogens with one attached hydrogen (secondary N) is 1. The number of alkyl halides is 2. The first-order chi connectivity index (χ1) is 14.3. The summed E-state index contributed by atoms with van der Waals surface area (Å²) in [5.41, 5.74) is -0.0785. The van der Waals surface area contributed by atoms with Gasteiger partial charge in [0.2, 0.25) is 0 Å². The molecule has 2 fully saturated rings. The average molecular weight is 428 g/mol. The van der Waals surface area contributed by atoms with Crippen LogP contribution >= 0.6 is 0 Å². The number of rotatable bonds is 10. The molecule has 0 bridgehead atoms. The van der Waals surface area contributed by atoms with E-state index in [0.29, 0.717) is 30.1 Å². The Balaban J connectivity index is 1.36. The number of aliphatic hydroxyl groups is 1. The van der Waals surface area contributed by atoms with Gasteiger partial charge in [0.05, 0.1) is 25.3 Å². The molecule has 0 radical (unpaired) electrons. The Kier molecular flexibility index (Phi) is 7.63. The van der Waals surface area contributed by atoms with Gasteiger partial charge in [-0.1, -0.05) is 0 Å². The van der Waals surface area contributed by atoms with Crippen molar-refractivity contribution < 1.29 is 27.8 Å². The number of aliphatic hydroxyl groups excluding tert-OH is 1. The van der Waals surface area contributed by atoms with Gasteiger partial charge >= 0.3 is 0 Å². The predicted molar refractivity (Wildman–Crippen MR) is 107 cm³/mol. The number of benzene rings is 1. The molecule has 1 aliphatic carbocycles. The van der Waals surface area contributed by atoms with Gasteiger partial charge in [-0.15, -0.1) is 0 Å². The molecule has 2 aliphatic rings. The normalized spacial score (nSPS) is 22.7. The van der Waals surface area contributed by atoms with Gasteiger partial charge in [0.1, 0.15) is 11.6 Å². The summed E-state index contributed by atoms with van der Waals surface area (Å²) in [5, 5.41) is 11.1. The van der Waals surface area contributed by atoms with Crippen LogP contribution in [0.1, 0.15) is 43.0 Å². The molecule has 3 rings (SSSR count). The number of carbonyl (C=O) groups excluding carboxylic acids is 1. The van der Waals surface area contributed by atoms with Crippen molar-refractivity contribution >= 4 is 5.91 Å². The second-order valence-corrected chi connectivity index (χ2v) is 8.60. The fourth-order valence-electron chi connectivity index (χ4n) is 4.47. The van der Waals surface area contributed by atoms with E-state index in [9.17, 15) is 18.0 Å². The molecule has 2 N–H and O–H groups in total. The molecule has 1 heterocycles. The number of halogens is 3. The van der Waals surface area contributed by atoms with Crippen molar-refractivity contribution in [3.63, 3.8) is 0 Å². The Bertz CT molecular complexity index is 718. The van der Waals surface area contributed by atoms with E-state index in [2.05, 4.69) is 5.32 Å². The molecule has 1 aliphatic heterocycles. The van der Waals surface area contributed by atoms with Crippen LogP contribution in [0, 0.1) is 23.6 Å². The standard InChI is InChI=1S/C22H31F3N2O3/c1-22(24,25)14-27-8-4-15(5-9-27)19-12-16(19)6-11-30-17-2-3-18(20(23)13-17)21(29)26-7-10-28/h2-3,13,15-16,19,28H,4-12,14H2,1H3,(H,26,29)/t16-,19-/m1/s1. The van der Waals surface area contributed by atoms with E-state index in [-0.39, 0.29) is 25.3 Å². The van der Waals surface area contributed by atoms with Crippen LogP contribution < -0.4 is 10.1 Å². The van der Waals surface area contributed by atoms with Gasteiger partial charge < -0.3 is 15.2 Å². The van der Waals surface area contributed by atoms with Crippen molar-refractivity contribution in [2.24, 2.45) is 17.8 Å². The first-order valence-corrected chi connectivity index (χ1v) is 10.7. The Morgan fingerprint density at radius 1 is 1.33 bits per heavy atom. The van der Waals surface area contributed by atoms with Crippen LogP contribution in [0.3, 0.4) is 0 Å². The van der Waals surface area contributed by atoms with Crippen LogP contribution in [0.25, 0.3) is 0 Å². The van der Waals surface area contributed by atoms with E-state index in [1.165, 1.54) is 12.1 Å². The lowest BCUT2D eigenvalue weighted by molar-refractivity contribution is -0.0232. The zero-order chi connectivity index (χ0) is 21.7. The van der Waals surface area contributed by atoms with Crippen LogP contribution in [-0.4, -0.2) is 61.2 Å². The number of carbonyl (C=O) groups is 1. The molecule has 1 saturated carbocycles. The molecule has 0 aromatic heterocycles. The molecule has 1 aromatic carbocycles. The van der Waals surface area contributed by atoms with Gasteiger partial charge in [-0.05, 0) is 68.7 Å². The van der Waals surface area contributed by atoms with Gasteiger partial charge in [-0.2, -0.15) is 0 Å². The first-order valence-electron chi connectivity index (χ1n) is 10.7. The highest BCUT2D eigenvalue weighted by Crippen LogP contribution is 2.49. The number of piperidine rings is 1. The SMILES string of the molecule is CC(F)(F)CN1CCC([C@H]2C[C@H]2CCOc2ccc(C(=O)NCCO)c(F)c2)CC1. The van der Waals surface area contributed by atoms with Crippen molar-refractivity contribution in [2.45, 2.75) is 38.5 Å². The second kappa shape index (κ2) is 10.0. The summed E-state index contributed by atoms with van der Waals surface area (Å²) in [5.74, 6) is -1.63. The average Bonchev–Trinajstić information content (AvgIpc) is 3.45. The number of ether oxygens (including phenoxy) is 1. The van der Waals surface area contributed by atoms with Gasteiger partial charge in [0.15, 0.2) is 0 Å².